The smallest absolute Gasteiger partial charge is 0.162 e. The van der Waals surface area contributed by atoms with Crippen LogP contribution in [0.2, 0.25) is 0 Å². The van der Waals surface area contributed by atoms with Crippen LogP contribution in [0.3, 0.4) is 0 Å². The summed E-state index contributed by atoms with van der Waals surface area (Å²) in [5.74, 6) is 1.17. The van der Waals surface area contributed by atoms with E-state index in [1.54, 1.807) is 30.0 Å². The molecule has 0 fully saturated rings. The molecule has 0 amide bonds. The number of hydrogen-bond acceptors (Lipinski definition) is 4. The van der Waals surface area contributed by atoms with Gasteiger partial charge in [-0.1, -0.05) is 0 Å². The number of ether oxygens (including phenoxy) is 2. The minimum absolute atomic E-state index is 0.402. The molecule has 1 aromatic carbocycles. The highest BCUT2D eigenvalue weighted by Crippen LogP contribution is 2.28. The second-order valence-electron chi connectivity index (χ2n) is 4.17. The second kappa shape index (κ2) is 5.44. The highest BCUT2D eigenvalue weighted by molar-refractivity contribution is 5.46. The molecule has 0 aliphatic heterocycles. The Morgan fingerprint density at radius 1 is 1.32 bits per heavy atom. The van der Waals surface area contributed by atoms with Gasteiger partial charge in [-0.05, 0) is 25.1 Å². The molecular formula is C14H15N3O2. The maximum atomic E-state index is 8.84. The van der Waals surface area contributed by atoms with Crippen molar-refractivity contribution in [3.05, 3.63) is 41.2 Å². The third-order valence-electron chi connectivity index (χ3n) is 2.77. The summed E-state index contributed by atoms with van der Waals surface area (Å²) in [7, 11) is 3.43. The number of methoxy groups -OCH3 is 1. The number of nitrogens with zero attached hydrogens (tertiary/aromatic N) is 3. The van der Waals surface area contributed by atoms with E-state index in [-0.39, 0.29) is 0 Å². The van der Waals surface area contributed by atoms with Gasteiger partial charge in [0.2, 0.25) is 0 Å². The van der Waals surface area contributed by atoms with Crippen LogP contribution < -0.4 is 9.47 Å². The summed E-state index contributed by atoms with van der Waals surface area (Å²) >= 11 is 0. The van der Waals surface area contributed by atoms with Crippen LogP contribution in [0, 0.1) is 18.3 Å². The lowest BCUT2D eigenvalue weighted by atomic mass is 10.2. The van der Waals surface area contributed by atoms with Crippen LogP contribution in [0.4, 0.5) is 0 Å². The van der Waals surface area contributed by atoms with Crippen molar-refractivity contribution in [2.45, 2.75) is 13.5 Å². The van der Waals surface area contributed by atoms with Gasteiger partial charge in [0.1, 0.15) is 6.61 Å². The van der Waals surface area contributed by atoms with Crippen molar-refractivity contribution in [2.24, 2.45) is 7.05 Å². The summed E-state index contributed by atoms with van der Waals surface area (Å²) < 4.78 is 12.7. The van der Waals surface area contributed by atoms with Crippen LogP contribution in [0.25, 0.3) is 0 Å². The van der Waals surface area contributed by atoms with Crippen molar-refractivity contribution in [1.29, 1.82) is 5.26 Å². The highest BCUT2D eigenvalue weighted by Gasteiger charge is 2.08. The van der Waals surface area contributed by atoms with Gasteiger partial charge in [0.05, 0.1) is 30.1 Å². The first kappa shape index (κ1) is 13.0. The average molecular weight is 257 g/mol. The minimum atomic E-state index is 0.402. The van der Waals surface area contributed by atoms with E-state index < -0.39 is 0 Å². The van der Waals surface area contributed by atoms with Gasteiger partial charge >= 0.3 is 0 Å². The van der Waals surface area contributed by atoms with E-state index in [1.807, 2.05) is 20.0 Å². The summed E-state index contributed by atoms with van der Waals surface area (Å²) in [5, 5.41) is 13.1. The molecule has 5 nitrogen and oxygen atoms in total. The Morgan fingerprint density at radius 2 is 2.11 bits per heavy atom. The molecule has 2 rings (SSSR count). The zero-order valence-electron chi connectivity index (χ0n) is 11.2. The molecule has 0 aliphatic carbocycles. The van der Waals surface area contributed by atoms with Crippen molar-refractivity contribution in [3.63, 3.8) is 0 Å². The second-order valence-corrected chi connectivity index (χ2v) is 4.17. The van der Waals surface area contributed by atoms with Gasteiger partial charge in [0, 0.05) is 13.1 Å². The number of nitriles is 1. The van der Waals surface area contributed by atoms with E-state index in [4.69, 9.17) is 14.7 Å². The average Bonchev–Trinajstić information content (AvgIpc) is 2.74. The van der Waals surface area contributed by atoms with Crippen molar-refractivity contribution in [2.75, 3.05) is 7.11 Å². The van der Waals surface area contributed by atoms with Crippen molar-refractivity contribution in [3.8, 4) is 17.6 Å². The first-order valence-corrected chi connectivity index (χ1v) is 5.84. The summed E-state index contributed by atoms with van der Waals surface area (Å²) in [5.41, 5.74) is 2.47. The third-order valence-corrected chi connectivity index (χ3v) is 2.77. The Hall–Kier alpha value is -2.48. The lowest BCUT2D eigenvalue weighted by Gasteiger charge is -2.10. The van der Waals surface area contributed by atoms with Gasteiger partial charge < -0.3 is 9.47 Å². The van der Waals surface area contributed by atoms with Crippen LogP contribution in [-0.4, -0.2) is 16.9 Å². The molecule has 0 aliphatic rings. The van der Waals surface area contributed by atoms with E-state index in [1.165, 1.54) is 0 Å². The Labute approximate surface area is 112 Å². The fourth-order valence-corrected chi connectivity index (χ4v) is 1.81. The first-order valence-electron chi connectivity index (χ1n) is 5.84. The molecule has 1 aromatic heterocycles. The van der Waals surface area contributed by atoms with Crippen molar-refractivity contribution >= 4 is 0 Å². The molecule has 1 heterocycles. The molecule has 0 unspecified atom stereocenters. The maximum absolute atomic E-state index is 8.84. The van der Waals surface area contributed by atoms with Gasteiger partial charge in [0.15, 0.2) is 11.5 Å². The predicted octanol–water partition coefficient (Wildman–Crippen LogP) is 2.19. The molecule has 0 atom stereocenters. The summed E-state index contributed by atoms with van der Waals surface area (Å²) in [6.07, 6.45) is 0. The predicted molar refractivity (Wildman–Crippen MR) is 70.0 cm³/mol. The van der Waals surface area contributed by atoms with E-state index >= 15 is 0 Å². The van der Waals surface area contributed by atoms with Gasteiger partial charge in [-0.2, -0.15) is 10.4 Å². The normalized spacial score (nSPS) is 10.0. The molecule has 0 N–H and O–H groups in total. The van der Waals surface area contributed by atoms with E-state index in [2.05, 4.69) is 11.2 Å². The summed E-state index contributed by atoms with van der Waals surface area (Å²) in [6, 6.07) is 9.13. The molecular weight excluding hydrogens is 242 g/mol. The van der Waals surface area contributed by atoms with Gasteiger partial charge in [-0.15, -0.1) is 0 Å². The number of rotatable bonds is 4. The fraction of sp³-hybridized carbons (Fsp3) is 0.286. The fourth-order valence-electron chi connectivity index (χ4n) is 1.81. The lowest BCUT2D eigenvalue weighted by Crippen LogP contribution is -2.03. The molecule has 2 aromatic rings. The van der Waals surface area contributed by atoms with Crippen LogP contribution in [-0.2, 0) is 13.7 Å². The molecule has 0 spiro atoms. The van der Waals surface area contributed by atoms with E-state index in [0.29, 0.717) is 23.7 Å². The van der Waals surface area contributed by atoms with Crippen molar-refractivity contribution < 1.29 is 9.47 Å². The zero-order valence-corrected chi connectivity index (χ0v) is 11.2. The van der Waals surface area contributed by atoms with Gasteiger partial charge in [0.25, 0.3) is 0 Å². The monoisotopic (exact) mass is 257 g/mol. The topological polar surface area (TPSA) is 60.1 Å². The third kappa shape index (κ3) is 2.86. The summed E-state index contributed by atoms with van der Waals surface area (Å²) in [6.45, 7) is 2.34. The minimum Gasteiger partial charge on any atom is -0.493 e. The molecule has 0 saturated heterocycles. The lowest BCUT2D eigenvalue weighted by molar-refractivity contribution is 0.275. The van der Waals surface area contributed by atoms with Crippen LogP contribution in [0.5, 0.6) is 11.5 Å². The Bertz CT molecular complexity index is 626. The Kier molecular flexibility index (Phi) is 3.71. The number of aromatic nitrogens is 2. The summed E-state index contributed by atoms with van der Waals surface area (Å²) in [4.78, 5) is 0. The zero-order chi connectivity index (χ0) is 13.8. The molecule has 98 valence electrons. The molecule has 19 heavy (non-hydrogen) atoms. The number of hydrogen-bond donors (Lipinski definition) is 0. The largest absolute Gasteiger partial charge is 0.493 e. The molecule has 0 saturated carbocycles. The molecule has 5 heteroatoms. The van der Waals surface area contributed by atoms with Gasteiger partial charge in [-0.25, -0.2) is 0 Å². The Morgan fingerprint density at radius 3 is 2.68 bits per heavy atom. The molecule has 0 bridgehead atoms. The van der Waals surface area contributed by atoms with E-state index in [9.17, 15) is 0 Å². The first-order chi connectivity index (χ1) is 9.13. The number of benzene rings is 1. The van der Waals surface area contributed by atoms with Crippen LogP contribution >= 0.6 is 0 Å². The van der Waals surface area contributed by atoms with Gasteiger partial charge in [-0.3, -0.25) is 4.68 Å². The standard InChI is InChI=1S/C14H15N3O2/c1-10-6-12(17(2)16-10)9-19-13-5-4-11(8-15)7-14(13)18-3/h4-7H,9H2,1-3H3. The maximum Gasteiger partial charge on any atom is 0.162 e. The van der Waals surface area contributed by atoms with E-state index in [0.717, 1.165) is 11.4 Å². The van der Waals surface area contributed by atoms with Crippen LogP contribution in [0.1, 0.15) is 17.0 Å². The molecule has 0 radical (unpaired) electrons. The SMILES string of the molecule is COc1cc(C#N)ccc1OCc1cc(C)nn1C. The highest BCUT2D eigenvalue weighted by atomic mass is 16.5. The van der Waals surface area contributed by atoms with Crippen molar-refractivity contribution in [1.82, 2.24) is 9.78 Å². The van der Waals surface area contributed by atoms with Crippen LogP contribution in [0.15, 0.2) is 24.3 Å². The quantitative estimate of drug-likeness (QED) is 0.842. The number of aryl methyl sites for hydroxylation is 2. The Balaban J connectivity index is 2.15.